The smallest absolute Gasteiger partial charge is 0.264 e. The van der Waals surface area contributed by atoms with Crippen molar-refractivity contribution >= 4 is 50.5 Å². The molecule has 0 aliphatic heterocycles. The lowest BCUT2D eigenvalue weighted by Crippen LogP contribution is -2.37. The number of carbonyl (C=O) groups excluding carboxylic acids is 1. The predicted octanol–water partition coefficient (Wildman–Crippen LogP) is 5.42. The Labute approximate surface area is 190 Å². The van der Waals surface area contributed by atoms with Crippen molar-refractivity contribution in [1.29, 1.82) is 0 Å². The van der Waals surface area contributed by atoms with Crippen LogP contribution in [0.3, 0.4) is 0 Å². The topological polar surface area (TPSA) is 63.2 Å². The molecule has 2 N–H and O–H groups in total. The molecule has 0 aliphatic carbocycles. The molecule has 7 heteroatoms. The Bertz CT molecular complexity index is 1220. The SMILES string of the molecule is CCc1ccc(OCC(=O)NC(=S)Nc2nc(-c3ccc4ccccc4c3)cs2)cc1. The summed E-state index contributed by atoms with van der Waals surface area (Å²) in [4.78, 5) is 16.7. The molecule has 5 nitrogen and oxygen atoms in total. The normalized spacial score (nSPS) is 10.6. The lowest BCUT2D eigenvalue weighted by Gasteiger charge is -2.09. The molecule has 0 bridgehead atoms. The van der Waals surface area contributed by atoms with E-state index in [1.807, 2.05) is 47.8 Å². The van der Waals surface area contributed by atoms with Crippen molar-refractivity contribution in [2.75, 3.05) is 11.9 Å². The molecule has 4 rings (SSSR count). The van der Waals surface area contributed by atoms with Crippen LogP contribution < -0.4 is 15.4 Å². The van der Waals surface area contributed by atoms with Crippen molar-refractivity contribution in [1.82, 2.24) is 10.3 Å². The average Bonchev–Trinajstić information content (AvgIpc) is 3.26. The summed E-state index contributed by atoms with van der Waals surface area (Å²) in [7, 11) is 0. The maximum absolute atomic E-state index is 12.1. The zero-order valence-electron chi connectivity index (χ0n) is 16.9. The molecule has 3 aromatic carbocycles. The summed E-state index contributed by atoms with van der Waals surface area (Å²) < 4.78 is 5.50. The van der Waals surface area contributed by atoms with E-state index < -0.39 is 0 Å². The number of nitrogens with one attached hydrogen (secondary N) is 2. The minimum absolute atomic E-state index is 0.118. The molecular formula is C24H21N3O2S2. The van der Waals surface area contributed by atoms with Crippen LogP contribution in [0, 0.1) is 0 Å². The number of fused-ring (bicyclic) bond motifs is 1. The van der Waals surface area contributed by atoms with E-state index in [2.05, 4.69) is 46.8 Å². The zero-order valence-corrected chi connectivity index (χ0v) is 18.6. The van der Waals surface area contributed by atoms with Gasteiger partial charge < -0.3 is 10.1 Å². The molecule has 156 valence electrons. The molecule has 0 unspecified atom stereocenters. The minimum Gasteiger partial charge on any atom is -0.484 e. The molecule has 4 aromatic rings. The van der Waals surface area contributed by atoms with Gasteiger partial charge in [0.15, 0.2) is 16.9 Å². The molecule has 1 heterocycles. The van der Waals surface area contributed by atoms with Gasteiger partial charge in [-0.25, -0.2) is 4.98 Å². The van der Waals surface area contributed by atoms with Crippen LogP contribution in [0.4, 0.5) is 5.13 Å². The number of nitrogens with zero attached hydrogens (tertiary/aromatic N) is 1. The van der Waals surface area contributed by atoms with Crippen LogP contribution in [0.25, 0.3) is 22.0 Å². The van der Waals surface area contributed by atoms with Crippen LogP contribution >= 0.6 is 23.6 Å². The van der Waals surface area contributed by atoms with Crippen molar-refractivity contribution in [3.63, 3.8) is 0 Å². The van der Waals surface area contributed by atoms with E-state index in [4.69, 9.17) is 17.0 Å². The van der Waals surface area contributed by atoms with Crippen LogP contribution in [0.15, 0.2) is 72.1 Å². The second-order valence-corrected chi connectivity index (χ2v) is 8.15. The standard InChI is InChI=1S/C24H21N3O2S2/c1-2-16-7-11-20(12-8-16)29-14-22(28)26-23(30)27-24-25-21(15-31-24)19-10-9-17-5-3-4-6-18(17)13-19/h3-13,15H,2,14H2,1H3,(H2,25,26,27,28,30). The van der Waals surface area contributed by atoms with Gasteiger partial charge in [0.25, 0.3) is 5.91 Å². The van der Waals surface area contributed by atoms with Gasteiger partial charge in [-0.1, -0.05) is 55.5 Å². The average molecular weight is 448 g/mol. The van der Waals surface area contributed by atoms with Crippen LogP contribution in [0.1, 0.15) is 12.5 Å². The number of hydrogen-bond acceptors (Lipinski definition) is 5. The second kappa shape index (κ2) is 9.68. The molecule has 1 aromatic heterocycles. The molecule has 0 spiro atoms. The van der Waals surface area contributed by atoms with Crippen molar-refractivity contribution < 1.29 is 9.53 Å². The van der Waals surface area contributed by atoms with Gasteiger partial charge in [-0.15, -0.1) is 11.3 Å². The Morgan fingerprint density at radius 1 is 1.06 bits per heavy atom. The summed E-state index contributed by atoms with van der Waals surface area (Å²) in [6.07, 6.45) is 0.958. The van der Waals surface area contributed by atoms with Crippen molar-refractivity contribution in [2.24, 2.45) is 0 Å². The van der Waals surface area contributed by atoms with Gasteiger partial charge in [0.1, 0.15) is 5.75 Å². The molecule has 0 atom stereocenters. The van der Waals surface area contributed by atoms with Gasteiger partial charge in [-0.05, 0) is 53.2 Å². The van der Waals surface area contributed by atoms with E-state index in [0.717, 1.165) is 23.1 Å². The Morgan fingerprint density at radius 3 is 2.61 bits per heavy atom. The van der Waals surface area contributed by atoms with Crippen molar-refractivity contribution in [3.05, 3.63) is 77.7 Å². The first-order chi connectivity index (χ1) is 15.1. The predicted molar refractivity (Wildman–Crippen MR) is 131 cm³/mol. The molecule has 0 saturated heterocycles. The van der Waals surface area contributed by atoms with Crippen LogP contribution in [0.2, 0.25) is 0 Å². The molecule has 31 heavy (non-hydrogen) atoms. The van der Waals surface area contributed by atoms with Gasteiger partial charge in [-0.3, -0.25) is 10.1 Å². The van der Waals surface area contributed by atoms with E-state index in [-0.39, 0.29) is 17.6 Å². The Hall–Kier alpha value is -3.29. The number of aromatic nitrogens is 1. The first-order valence-corrected chi connectivity index (χ1v) is 11.2. The van der Waals surface area contributed by atoms with E-state index in [0.29, 0.717) is 10.9 Å². The maximum atomic E-state index is 12.1. The summed E-state index contributed by atoms with van der Waals surface area (Å²) in [6.45, 7) is 1.97. The summed E-state index contributed by atoms with van der Waals surface area (Å²) >= 11 is 6.66. The van der Waals surface area contributed by atoms with Crippen LogP contribution in [0.5, 0.6) is 5.75 Å². The zero-order chi connectivity index (χ0) is 21.6. The van der Waals surface area contributed by atoms with Crippen molar-refractivity contribution in [2.45, 2.75) is 13.3 Å². The summed E-state index contributed by atoms with van der Waals surface area (Å²) in [6, 6.07) is 22.1. The van der Waals surface area contributed by atoms with Crippen LogP contribution in [-0.4, -0.2) is 22.6 Å². The van der Waals surface area contributed by atoms with E-state index in [9.17, 15) is 4.79 Å². The lowest BCUT2D eigenvalue weighted by molar-refractivity contribution is -0.121. The number of carbonyl (C=O) groups is 1. The number of anilines is 1. The summed E-state index contributed by atoms with van der Waals surface area (Å²) in [5.41, 5.74) is 3.10. The molecule has 0 fully saturated rings. The monoisotopic (exact) mass is 447 g/mol. The number of hydrogen-bond donors (Lipinski definition) is 2. The Morgan fingerprint density at radius 2 is 1.84 bits per heavy atom. The minimum atomic E-state index is -0.330. The third kappa shape index (κ3) is 5.45. The first kappa shape index (κ1) is 21.0. The molecule has 0 radical (unpaired) electrons. The number of rotatable bonds is 6. The third-order valence-corrected chi connectivity index (χ3v) is 5.69. The highest BCUT2D eigenvalue weighted by atomic mass is 32.1. The Kier molecular flexibility index (Phi) is 6.54. The van der Waals surface area contributed by atoms with Gasteiger partial charge in [0.2, 0.25) is 0 Å². The number of benzene rings is 3. The largest absolute Gasteiger partial charge is 0.484 e. The molecule has 0 saturated carbocycles. The van der Waals surface area contributed by atoms with Crippen molar-refractivity contribution in [3.8, 4) is 17.0 Å². The fourth-order valence-corrected chi connectivity index (χ4v) is 4.07. The maximum Gasteiger partial charge on any atom is 0.264 e. The van der Waals surface area contributed by atoms with E-state index in [1.165, 1.54) is 22.3 Å². The number of ether oxygens (including phenoxy) is 1. The van der Waals surface area contributed by atoms with Gasteiger partial charge in [-0.2, -0.15) is 0 Å². The van der Waals surface area contributed by atoms with Gasteiger partial charge >= 0.3 is 0 Å². The number of thiazole rings is 1. The van der Waals surface area contributed by atoms with Gasteiger partial charge in [0.05, 0.1) is 5.69 Å². The highest BCUT2D eigenvalue weighted by Crippen LogP contribution is 2.27. The van der Waals surface area contributed by atoms with E-state index >= 15 is 0 Å². The van der Waals surface area contributed by atoms with Crippen LogP contribution in [-0.2, 0) is 11.2 Å². The quantitative estimate of drug-likeness (QED) is 0.387. The first-order valence-electron chi connectivity index (χ1n) is 9.88. The van der Waals surface area contributed by atoms with E-state index in [1.54, 1.807) is 0 Å². The highest BCUT2D eigenvalue weighted by molar-refractivity contribution is 7.80. The number of aryl methyl sites for hydroxylation is 1. The van der Waals surface area contributed by atoms with Gasteiger partial charge in [0, 0.05) is 10.9 Å². The number of thiocarbonyl (C=S) groups is 1. The number of amides is 1. The molecular weight excluding hydrogens is 426 g/mol. The lowest BCUT2D eigenvalue weighted by atomic mass is 10.1. The fraction of sp³-hybridized carbons (Fsp3) is 0.125. The highest BCUT2D eigenvalue weighted by Gasteiger charge is 2.10. The summed E-state index contributed by atoms with van der Waals surface area (Å²) in [5.74, 6) is 0.314. The molecule has 0 aliphatic rings. The third-order valence-electron chi connectivity index (χ3n) is 4.72. The fourth-order valence-electron chi connectivity index (χ4n) is 3.07. The second-order valence-electron chi connectivity index (χ2n) is 6.89. The Balaban J connectivity index is 1.31. The molecule has 1 amide bonds. The summed E-state index contributed by atoms with van der Waals surface area (Å²) in [5, 5.41) is 10.7.